The topological polar surface area (TPSA) is 37.3 Å². The molecule has 3 aromatic rings. The summed E-state index contributed by atoms with van der Waals surface area (Å²) in [6, 6.07) is 24.0. The lowest BCUT2D eigenvalue weighted by atomic mass is 9.84. The SMILES string of the molecule is O=C(c1ccc2ccccc2c1)[C@H]1CCC[C@@H]1[C@H](O)/C=C/c1ccccc1. The molecule has 0 bridgehead atoms. The van der Waals surface area contributed by atoms with Gasteiger partial charge in [0.25, 0.3) is 0 Å². The molecule has 3 aromatic carbocycles. The summed E-state index contributed by atoms with van der Waals surface area (Å²) in [5, 5.41) is 12.9. The van der Waals surface area contributed by atoms with Crippen molar-refractivity contribution < 1.29 is 9.90 Å². The molecule has 1 aliphatic carbocycles. The normalized spacial score (nSPS) is 20.9. The number of ketones is 1. The van der Waals surface area contributed by atoms with Gasteiger partial charge in [0.1, 0.15) is 0 Å². The number of hydrogen-bond acceptors (Lipinski definition) is 2. The van der Waals surface area contributed by atoms with Gasteiger partial charge in [-0.15, -0.1) is 0 Å². The van der Waals surface area contributed by atoms with E-state index in [2.05, 4.69) is 6.07 Å². The third-order valence-corrected chi connectivity index (χ3v) is 5.66. The van der Waals surface area contributed by atoms with Crippen molar-refractivity contribution >= 4 is 22.6 Å². The van der Waals surface area contributed by atoms with E-state index in [4.69, 9.17) is 0 Å². The van der Waals surface area contributed by atoms with Crippen LogP contribution in [0.4, 0.5) is 0 Å². The summed E-state index contributed by atoms with van der Waals surface area (Å²) < 4.78 is 0. The van der Waals surface area contributed by atoms with E-state index >= 15 is 0 Å². The van der Waals surface area contributed by atoms with Crippen LogP contribution in [0.3, 0.4) is 0 Å². The van der Waals surface area contributed by atoms with Crippen LogP contribution < -0.4 is 0 Å². The first kappa shape index (κ1) is 17.7. The van der Waals surface area contributed by atoms with Gasteiger partial charge in [0.05, 0.1) is 6.10 Å². The van der Waals surface area contributed by atoms with Gasteiger partial charge in [-0.25, -0.2) is 0 Å². The molecule has 4 rings (SSSR count). The van der Waals surface area contributed by atoms with Crippen molar-refractivity contribution in [1.29, 1.82) is 0 Å². The molecule has 136 valence electrons. The van der Waals surface area contributed by atoms with Crippen molar-refractivity contribution in [1.82, 2.24) is 0 Å². The Morgan fingerprint density at radius 1 is 0.926 bits per heavy atom. The number of carbonyl (C=O) groups excluding carboxylic acids is 1. The number of hydrogen-bond donors (Lipinski definition) is 1. The first-order valence-corrected chi connectivity index (χ1v) is 9.67. The summed E-state index contributed by atoms with van der Waals surface area (Å²) in [5.41, 5.74) is 1.82. The van der Waals surface area contributed by atoms with Gasteiger partial charge in [-0.2, -0.15) is 0 Å². The standard InChI is InChI=1S/C25H24O2/c26-24(16-13-18-7-2-1-3-8-18)22-11-6-12-23(22)25(27)21-15-14-19-9-4-5-10-20(19)17-21/h1-5,7-10,13-17,22-24,26H,6,11-12H2/b16-13+/t22-,23-,24+/m0/s1. The number of aliphatic hydroxyl groups excluding tert-OH is 1. The highest BCUT2D eigenvalue weighted by Crippen LogP contribution is 2.37. The number of carbonyl (C=O) groups is 1. The molecule has 1 aliphatic rings. The summed E-state index contributed by atoms with van der Waals surface area (Å²) >= 11 is 0. The van der Waals surface area contributed by atoms with Gasteiger partial charge in [-0.05, 0) is 41.2 Å². The average molecular weight is 356 g/mol. The van der Waals surface area contributed by atoms with Crippen molar-refractivity contribution in [2.24, 2.45) is 11.8 Å². The van der Waals surface area contributed by atoms with Crippen LogP contribution in [0.2, 0.25) is 0 Å². The zero-order valence-electron chi connectivity index (χ0n) is 15.3. The predicted octanol–water partition coefficient (Wildman–Crippen LogP) is 5.51. The van der Waals surface area contributed by atoms with Gasteiger partial charge in [-0.1, -0.05) is 85.3 Å². The molecule has 0 aliphatic heterocycles. The van der Waals surface area contributed by atoms with Gasteiger partial charge < -0.3 is 5.11 Å². The van der Waals surface area contributed by atoms with Gasteiger partial charge in [0.15, 0.2) is 5.78 Å². The molecule has 0 radical (unpaired) electrons. The maximum Gasteiger partial charge on any atom is 0.166 e. The molecule has 27 heavy (non-hydrogen) atoms. The Morgan fingerprint density at radius 3 is 2.48 bits per heavy atom. The minimum absolute atomic E-state index is 0.0102. The van der Waals surface area contributed by atoms with E-state index in [0.717, 1.165) is 41.2 Å². The fraction of sp³-hybridized carbons (Fsp3) is 0.240. The zero-order chi connectivity index (χ0) is 18.6. The molecule has 2 heteroatoms. The first-order chi connectivity index (χ1) is 13.2. The minimum Gasteiger partial charge on any atom is -0.389 e. The molecular formula is C25H24O2. The van der Waals surface area contributed by atoms with E-state index in [1.54, 1.807) is 0 Å². The maximum atomic E-state index is 13.1. The molecule has 0 spiro atoms. The molecule has 1 fully saturated rings. The van der Waals surface area contributed by atoms with Crippen LogP contribution in [-0.2, 0) is 0 Å². The van der Waals surface area contributed by atoms with E-state index in [1.165, 1.54) is 0 Å². The Labute approximate surface area is 160 Å². The fourth-order valence-corrected chi connectivity index (χ4v) is 4.20. The summed E-state index contributed by atoms with van der Waals surface area (Å²) in [5.74, 6) is 0.0425. The second-order valence-electron chi connectivity index (χ2n) is 7.39. The number of aliphatic hydroxyl groups is 1. The Bertz CT molecular complexity index is 958. The molecule has 1 N–H and O–H groups in total. The Balaban J connectivity index is 1.52. The lowest BCUT2D eigenvalue weighted by molar-refractivity contribution is 0.0778. The van der Waals surface area contributed by atoms with Crippen molar-refractivity contribution in [3.05, 3.63) is 90.0 Å². The second kappa shape index (κ2) is 7.89. The summed E-state index contributed by atoms with van der Waals surface area (Å²) in [7, 11) is 0. The molecule has 1 saturated carbocycles. The number of fused-ring (bicyclic) bond motifs is 1. The maximum absolute atomic E-state index is 13.1. The van der Waals surface area contributed by atoms with Crippen molar-refractivity contribution in [2.45, 2.75) is 25.4 Å². The van der Waals surface area contributed by atoms with Crippen LogP contribution in [0.5, 0.6) is 0 Å². The van der Waals surface area contributed by atoms with Crippen LogP contribution in [0.25, 0.3) is 16.8 Å². The molecular weight excluding hydrogens is 332 g/mol. The highest BCUT2D eigenvalue weighted by atomic mass is 16.3. The predicted molar refractivity (Wildman–Crippen MR) is 111 cm³/mol. The Kier molecular flexibility index (Phi) is 5.17. The number of Topliss-reactive ketones (excluding diaryl/α,β-unsaturated/α-hetero) is 1. The molecule has 0 amide bonds. The average Bonchev–Trinajstić information content (AvgIpc) is 3.22. The summed E-state index contributed by atoms with van der Waals surface area (Å²) in [6.07, 6.45) is 5.93. The van der Waals surface area contributed by atoms with Crippen molar-refractivity contribution in [3.8, 4) is 0 Å². The van der Waals surface area contributed by atoms with Gasteiger partial charge in [0.2, 0.25) is 0 Å². The zero-order valence-corrected chi connectivity index (χ0v) is 15.3. The van der Waals surface area contributed by atoms with Gasteiger partial charge in [0, 0.05) is 11.5 Å². The summed E-state index contributed by atoms with van der Waals surface area (Å²) in [6.45, 7) is 0. The highest BCUT2D eigenvalue weighted by molar-refractivity contribution is 6.01. The van der Waals surface area contributed by atoms with E-state index in [-0.39, 0.29) is 17.6 Å². The van der Waals surface area contributed by atoms with E-state index in [9.17, 15) is 9.90 Å². The van der Waals surface area contributed by atoms with Gasteiger partial charge >= 0.3 is 0 Å². The van der Waals surface area contributed by atoms with Crippen LogP contribution in [0.1, 0.15) is 35.2 Å². The molecule has 3 atom stereocenters. The van der Waals surface area contributed by atoms with Crippen LogP contribution >= 0.6 is 0 Å². The number of benzene rings is 3. The fourth-order valence-electron chi connectivity index (χ4n) is 4.20. The van der Waals surface area contributed by atoms with Crippen LogP contribution in [0.15, 0.2) is 78.9 Å². The van der Waals surface area contributed by atoms with Gasteiger partial charge in [-0.3, -0.25) is 4.79 Å². The molecule has 0 heterocycles. The van der Waals surface area contributed by atoms with Crippen LogP contribution in [0, 0.1) is 11.8 Å². The van der Waals surface area contributed by atoms with E-state index < -0.39 is 6.10 Å². The minimum atomic E-state index is -0.595. The molecule has 2 nitrogen and oxygen atoms in total. The second-order valence-corrected chi connectivity index (χ2v) is 7.39. The number of rotatable bonds is 5. The van der Waals surface area contributed by atoms with Crippen molar-refractivity contribution in [2.75, 3.05) is 0 Å². The molecule has 0 aromatic heterocycles. The van der Waals surface area contributed by atoms with Crippen molar-refractivity contribution in [3.63, 3.8) is 0 Å². The van der Waals surface area contributed by atoms with E-state index in [1.807, 2.05) is 78.9 Å². The quantitative estimate of drug-likeness (QED) is 0.612. The summed E-state index contributed by atoms with van der Waals surface area (Å²) in [4.78, 5) is 13.1. The largest absolute Gasteiger partial charge is 0.389 e. The Hall–Kier alpha value is -2.71. The molecule has 0 unspecified atom stereocenters. The monoisotopic (exact) mass is 356 g/mol. The smallest absolute Gasteiger partial charge is 0.166 e. The van der Waals surface area contributed by atoms with Crippen LogP contribution in [-0.4, -0.2) is 17.0 Å². The molecule has 0 saturated heterocycles. The third kappa shape index (κ3) is 3.86. The van der Waals surface area contributed by atoms with E-state index in [0.29, 0.717) is 0 Å². The third-order valence-electron chi connectivity index (χ3n) is 5.66. The lowest BCUT2D eigenvalue weighted by Crippen LogP contribution is -2.27. The lowest BCUT2D eigenvalue weighted by Gasteiger charge is -2.22. The first-order valence-electron chi connectivity index (χ1n) is 9.67. The Morgan fingerprint density at radius 2 is 1.67 bits per heavy atom. The highest BCUT2D eigenvalue weighted by Gasteiger charge is 2.36.